The molecule has 0 radical (unpaired) electrons. The number of hydrogen-bond donors (Lipinski definition) is 1. The van der Waals surface area contributed by atoms with Crippen LogP contribution in [0.5, 0.6) is 0 Å². The number of ether oxygens (including phenoxy) is 2. The van der Waals surface area contributed by atoms with Gasteiger partial charge in [-0.25, -0.2) is 0 Å². The first-order valence-electron chi connectivity index (χ1n) is 13.5. The van der Waals surface area contributed by atoms with E-state index < -0.39 is 23.1 Å². The minimum atomic E-state index is -1.03. The molecule has 1 aliphatic carbocycles. The van der Waals surface area contributed by atoms with Crippen LogP contribution in [0, 0.1) is 28.1 Å². The lowest BCUT2D eigenvalue weighted by molar-refractivity contribution is -0.199. The van der Waals surface area contributed by atoms with Gasteiger partial charge in [0.1, 0.15) is 5.78 Å². The molecular weight excluding hydrogens is 432 g/mol. The second-order valence-electron chi connectivity index (χ2n) is 12.1. The Morgan fingerprint density at radius 1 is 1.06 bits per heavy atom. The normalized spacial score (nSPS) is 25.9. The van der Waals surface area contributed by atoms with Crippen LogP contribution in [0.2, 0.25) is 0 Å². The summed E-state index contributed by atoms with van der Waals surface area (Å²) in [5.74, 6) is -0.958. The second kappa shape index (κ2) is 12.0. The summed E-state index contributed by atoms with van der Waals surface area (Å²) in [5, 5.41) is 9.90. The van der Waals surface area contributed by atoms with Gasteiger partial charge in [0.2, 0.25) is 6.29 Å². The summed E-state index contributed by atoms with van der Waals surface area (Å²) >= 11 is 0. The van der Waals surface area contributed by atoms with E-state index in [-0.39, 0.29) is 29.6 Å². The topological polar surface area (TPSA) is 89.9 Å². The molecule has 2 aliphatic rings. The largest absolute Gasteiger partial charge is 0.481 e. The van der Waals surface area contributed by atoms with Crippen LogP contribution in [0.25, 0.3) is 0 Å². The lowest BCUT2D eigenvalue weighted by atomic mass is 9.66. The van der Waals surface area contributed by atoms with E-state index in [4.69, 9.17) is 9.47 Å². The number of esters is 1. The highest BCUT2D eigenvalue weighted by Crippen LogP contribution is 2.44. The minimum absolute atomic E-state index is 0.0749. The molecule has 2 rings (SSSR count). The fraction of sp³-hybridized carbons (Fsp3) is 0.893. The molecule has 34 heavy (non-hydrogen) atoms. The zero-order chi connectivity index (χ0) is 25.6. The summed E-state index contributed by atoms with van der Waals surface area (Å²) in [4.78, 5) is 38.8. The lowest BCUT2D eigenvalue weighted by Crippen LogP contribution is -2.42. The van der Waals surface area contributed by atoms with Crippen molar-refractivity contribution in [3.05, 3.63) is 0 Å². The summed E-state index contributed by atoms with van der Waals surface area (Å²) in [6.45, 7) is 12.2. The Balaban J connectivity index is 2.14. The summed E-state index contributed by atoms with van der Waals surface area (Å²) < 4.78 is 11.4. The third kappa shape index (κ3) is 7.29. The van der Waals surface area contributed by atoms with Crippen molar-refractivity contribution in [2.24, 2.45) is 28.1 Å². The monoisotopic (exact) mass is 480 g/mol. The second-order valence-corrected chi connectivity index (χ2v) is 12.1. The highest BCUT2D eigenvalue weighted by atomic mass is 16.7. The molecule has 1 heterocycles. The molecule has 196 valence electrons. The number of Topliss-reactive ketones (excluding diaryl/α,β-unsaturated/α-hetero) is 1. The van der Waals surface area contributed by atoms with Gasteiger partial charge in [0.15, 0.2) is 0 Å². The molecule has 6 heteroatoms. The van der Waals surface area contributed by atoms with Crippen molar-refractivity contribution in [2.75, 3.05) is 6.61 Å². The predicted molar refractivity (Wildman–Crippen MR) is 132 cm³/mol. The van der Waals surface area contributed by atoms with E-state index in [1.54, 1.807) is 6.92 Å². The number of carbonyl (C=O) groups is 3. The fourth-order valence-corrected chi connectivity index (χ4v) is 6.24. The van der Waals surface area contributed by atoms with Crippen LogP contribution < -0.4 is 0 Å². The summed E-state index contributed by atoms with van der Waals surface area (Å²) in [6.07, 6.45) is 9.17. The number of rotatable bonds is 12. The van der Waals surface area contributed by atoms with E-state index in [1.807, 2.05) is 20.8 Å². The molecule has 2 fully saturated rings. The molecule has 0 aromatic carbocycles. The molecule has 0 aromatic rings. The van der Waals surface area contributed by atoms with Crippen molar-refractivity contribution in [1.82, 2.24) is 0 Å². The average molecular weight is 481 g/mol. The molecule has 0 spiro atoms. The molecule has 0 amide bonds. The molecular formula is C28H48O6. The Morgan fingerprint density at radius 3 is 2.24 bits per heavy atom. The quantitative estimate of drug-likeness (QED) is 0.319. The van der Waals surface area contributed by atoms with Crippen molar-refractivity contribution in [3.8, 4) is 0 Å². The zero-order valence-electron chi connectivity index (χ0n) is 22.4. The van der Waals surface area contributed by atoms with Crippen LogP contribution in [0.4, 0.5) is 0 Å². The van der Waals surface area contributed by atoms with Crippen LogP contribution in [0.3, 0.4) is 0 Å². The summed E-state index contributed by atoms with van der Waals surface area (Å²) in [6, 6.07) is 0. The number of carbonyl (C=O) groups excluding carboxylic acids is 2. The van der Waals surface area contributed by atoms with Crippen LogP contribution in [0.1, 0.15) is 119 Å². The van der Waals surface area contributed by atoms with E-state index in [1.165, 1.54) is 6.42 Å². The van der Waals surface area contributed by atoms with Gasteiger partial charge in [0.05, 0.1) is 17.4 Å². The third-order valence-corrected chi connectivity index (χ3v) is 8.50. The third-order valence-electron chi connectivity index (χ3n) is 8.50. The molecule has 0 aromatic heterocycles. The van der Waals surface area contributed by atoms with E-state index in [0.717, 1.165) is 38.5 Å². The van der Waals surface area contributed by atoms with Gasteiger partial charge in [-0.05, 0) is 71.1 Å². The maximum absolute atomic E-state index is 13.4. The minimum Gasteiger partial charge on any atom is -0.481 e. The van der Waals surface area contributed by atoms with Crippen LogP contribution >= 0.6 is 0 Å². The number of carboxylic acids is 1. The molecule has 0 bridgehead atoms. The predicted octanol–water partition coefficient (Wildman–Crippen LogP) is 6.55. The Bertz CT molecular complexity index is 706. The molecule has 5 atom stereocenters. The summed E-state index contributed by atoms with van der Waals surface area (Å²) in [5.41, 5.74) is -2.24. The van der Waals surface area contributed by atoms with E-state index in [0.29, 0.717) is 38.1 Å². The molecule has 6 nitrogen and oxygen atoms in total. The van der Waals surface area contributed by atoms with Crippen molar-refractivity contribution >= 4 is 17.7 Å². The zero-order valence-corrected chi connectivity index (χ0v) is 22.4. The highest BCUT2D eigenvalue weighted by Gasteiger charge is 2.47. The molecule has 5 unspecified atom stereocenters. The Hall–Kier alpha value is -1.43. The maximum Gasteiger partial charge on any atom is 0.314 e. The van der Waals surface area contributed by atoms with Crippen molar-refractivity contribution in [1.29, 1.82) is 0 Å². The van der Waals surface area contributed by atoms with Crippen LogP contribution in [0.15, 0.2) is 0 Å². The SMILES string of the molecule is CCC(C)(CC(C)(CC(C)CC(C)C(=O)C1(C)CCCCC1)C(=O)OC1CCCCO1)C(=O)O. The van der Waals surface area contributed by atoms with Crippen molar-refractivity contribution < 1.29 is 29.0 Å². The fourth-order valence-electron chi connectivity index (χ4n) is 6.24. The molecule has 1 saturated heterocycles. The van der Waals surface area contributed by atoms with Crippen molar-refractivity contribution in [2.45, 2.75) is 125 Å². The van der Waals surface area contributed by atoms with Gasteiger partial charge in [-0.2, -0.15) is 0 Å². The summed E-state index contributed by atoms with van der Waals surface area (Å²) in [7, 11) is 0. The maximum atomic E-state index is 13.4. The Morgan fingerprint density at radius 2 is 1.71 bits per heavy atom. The molecule has 1 saturated carbocycles. The number of hydrogen-bond acceptors (Lipinski definition) is 5. The number of carboxylic acid groups (broad SMARTS) is 1. The van der Waals surface area contributed by atoms with Gasteiger partial charge in [-0.1, -0.05) is 47.0 Å². The molecule has 1 aliphatic heterocycles. The Labute approximate surface area is 206 Å². The van der Waals surface area contributed by atoms with Gasteiger partial charge in [-0.3, -0.25) is 14.4 Å². The van der Waals surface area contributed by atoms with Crippen molar-refractivity contribution in [3.63, 3.8) is 0 Å². The number of aliphatic carboxylic acids is 1. The van der Waals surface area contributed by atoms with E-state index >= 15 is 0 Å². The lowest BCUT2D eigenvalue weighted by Gasteiger charge is -2.39. The van der Waals surface area contributed by atoms with Crippen LogP contribution in [-0.4, -0.2) is 35.7 Å². The van der Waals surface area contributed by atoms with Gasteiger partial charge in [-0.15, -0.1) is 0 Å². The van der Waals surface area contributed by atoms with E-state index in [2.05, 4.69) is 13.8 Å². The average Bonchev–Trinajstić information content (AvgIpc) is 2.79. The van der Waals surface area contributed by atoms with Gasteiger partial charge >= 0.3 is 11.9 Å². The standard InChI is InChI=1S/C28H48O6/c1-7-26(4,24(30)31)19-28(6,25(32)34-22-13-9-12-16-33-22)18-20(2)17-21(3)23(29)27(5)14-10-8-11-15-27/h20-22H,7-19H2,1-6H3,(H,30,31). The van der Waals surface area contributed by atoms with E-state index in [9.17, 15) is 19.5 Å². The highest BCUT2D eigenvalue weighted by molar-refractivity contribution is 5.86. The number of ketones is 1. The smallest absolute Gasteiger partial charge is 0.314 e. The first-order chi connectivity index (χ1) is 15.8. The Kier molecular flexibility index (Phi) is 10.2. The molecule has 1 N–H and O–H groups in total. The first-order valence-corrected chi connectivity index (χ1v) is 13.5. The van der Waals surface area contributed by atoms with Gasteiger partial charge in [0, 0.05) is 17.8 Å². The van der Waals surface area contributed by atoms with Crippen LogP contribution in [-0.2, 0) is 23.9 Å². The van der Waals surface area contributed by atoms with Gasteiger partial charge < -0.3 is 14.6 Å². The first kappa shape index (κ1) is 28.8. The van der Waals surface area contributed by atoms with Gasteiger partial charge in [0.25, 0.3) is 0 Å².